The fourth-order valence-corrected chi connectivity index (χ4v) is 3.12. The van der Waals surface area contributed by atoms with E-state index in [4.69, 9.17) is 4.84 Å². The van der Waals surface area contributed by atoms with Gasteiger partial charge in [-0.05, 0) is 18.8 Å². The molecule has 0 atom stereocenters. The Morgan fingerprint density at radius 1 is 1.17 bits per heavy atom. The summed E-state index contributed by atoms with van der Waals surface area (Å²) in [6, 6.07) is 0. The largest absolute Gasteiger partial charge is 0.396 e. The lowest BCUT2D eigenvalue weighted by molar-refractivity contribution is 0.0902. The molecule has 1 heterocycles. The van der Waals surface area contributed by atoms with Gasteiger partial charge in [0, 0.05) is 25.9 Å². The van der Waals surface area contributed by atoms with Crippen molar-refractivity contribution in [2.45, 2.75) is 44.9 Å². The number of hydrogen-bond donors (Lipinski definition) is 1. The maximum absolute atomic E-state index is 10.8. The third-order valence-corrected chi connectivity index (χ3v) is 4.64. The summed E-state index contributed by atoms with van der Waals surface area (Å²) in [4.78, 5) is 5.43. The highest BCUT2D eigenvalue weighted by molar-refractivity contribution is 7.69. The molecule has 0 aromatic rings. The summed E-state index contributed by atoms with van der Waals surface area (Å²) >= 11 is 0. The second kappa shape index (κ2) is 7.09. The van der Waals surface area contributed by atoms with E-state index in [1.165, 1.54) is 36.4 Å². The van der Waals surface area contributed by atoms with Crippen LogP contribution >= 0.6 is 0 Å². The smallest absolute Gasteiger partial charge is 0.203 e. The summed E-state index contributed by atoms with van der Waals surface area (Å²) in [6.07, 6.45) is 7.91. The molecule has 1 aliphatic heterocycles. The molecule has 0 radical (unpaired) electrons. The Labute approximate surface area is 110 Å². The zero-order valence-corrected chi connectivity index (χ0v) is 11.6. The minimum absolute atomic E-state index is 0.546. The third kappa shape index (κ3) is 4.24. The summed E-state index contributed by atoms with van der Waals surface area (Å²) in [5.74, 6) is 0.666. The van der Waals surface area contributed by atoms with Crippen molar-refractivity contribution < 1.29 is 13.3 Å². The predicted octanol–water partition coefficient (Wildman–Crippen LogP) is 1.56. The van der Waals surface area contributed by atoms with Crippen molar-refractivity contribution in [3.8, 4) is 0 Å². The van der Waals surface area contributed by atoms with Gasteiger partial charge >= 0.3 is 0 Å². The average Bonchev–Trinajstić information content (AvgIpc) is 2.40. The Hall–Kier alpha value is -0.620. The van der Waals surface area contributed by atoms with Crippen molar-refractivity contribution in [1.29, 1.82) is 0 Å². The monoisotopic (exact) mass is 274 g/mol. The highest BCUT2D eigenvalue weighted by Crippen LogP contribution is 2.23. The zero-order valence-electron chi connectivity index (χ0n) is 10.7. The molecule has 2 rings (SSSR count). The van der Waals surface area contributed by atoms with Crippen LogP contribution in [0, 0.1) is 5.92 Å². The van der Waals surface area contributed by atoms with Crippen molar-refractivity contribution in [2.75, 3.05) is 19.7 Å². The standard InChI is InChI=1S/C12H22N2O3S/c15-18(16)14-8-6-12(7-9-14)13-17-10-11-4-2-1-3-5-11/h11,18H,1-10H2. The summed E-state index contributed by atoms with van der Waals surface area (Å²) in [7, 11) is -2.42. The van der Waals surface area contributed by atoms with E-state index in [0.717, 1.165) is 12.3 Å². The minimum atomic E-state index is -2.42. The molecule has 2 aliphatic rings. The predicted molar refractivity (Wildman–Crippen MR) is 71.1 cm³/mol. The Morgan fingerprint density at radius 2 is 1.83 bits per heavy atom. The third-order valence-electron chi connectivity index (χ3n) is 3.78. The highest BCUT2D eigenvalue weighted by Gasteiger charge is 2.17. The Bertz CT molecular complexity index is 344. The molecule has 0 unspecified atom stereocenters. The Balaban J connectivity index is 1.67. The van der Waals surface area contributed by atoms with Crippen LogP contribution in [-0.2, 0) is 15.7 Å². The number of piperidine rings is 1. The molecule has 104 valence electrons. The van der Waals surface area contributed by atoms with Gasteiger partial charge in [-0.3, -0.25) is 0 Å². The molecular formula is C12H22N2O3S. The second-order valence-corrected chi connectivity index (χ2v) is 6.19. The fraction of sp³-hybridized carbons (Fsp3) is 0.917. The van der Waals surface area contributed by atoms with Crippen LogP contribution in [0.5, 0.6) is 0 Å². The quantitative estimate of drug-likeness (QED) is 0.625. The van der Waals surface area contributed by atoms with E-state index < -0.39 is 10.9 Å². The first-order chi connectivity index (χ1) is 8.75. The topological polar surface area (TPSA) is 59.0 Å². The maximum atomic E-state index is 10.8. The van der Waals surface area contributed by atoms with E-state index in [0.29, 0.717) is 31.8 Å². The lowest BCUT2D eigenvalue weighted by Crippen LogP contribution is -2.32. The average molecular weight is 274 g/mol. The zero-order chi connectivity index (χ0) is 12.8. The molecule has 0 N–H and O–H groups in total. The van der Waals surface area contributed by atoms with Gasteiger partial charge in [0.1, 0.15) is 6.61 Å². The number of nitrogens with zero attached hydrogens (tertiary/aromatic N) is 2. The van der Waals surface area contributed by atoms with E-state index in [1.54, 1.807) is 0 Å². The molecule has 5 nitrogen and oxygen atoms in total. The number of oxime groups is 1. The molecule has 1 saturated heterocycles. The minimum Gasteiger partial charge on any atom is -0.396 e. The van der Waals surface area contributed by atoms with E-state index in [9.17, 15) is 8.42 Å². The van der Waals surface area contributed by atoms with Crippen molar-refractivity contribution in [3.05, 3.63) is 0 Å². The molecule has 2 fully saturated rings. The van der Waals surface area contributed by atoms with E-state index in [-0.39, 0.29) is 0 Å². The van der Waals surface area contributed by atoms with Gasteiger partial charge in [-0.1, -0.05) is 24.4 Å². The maximum Gasteiger partial charge on any atom is 0.203 e. The van der Waals surface area contributed by atoms with Crippen LogP contribution in [-0.4, -0.2) is 38.1 Å². The molecule has 6 heteroatoms. The molecule has 0 amide bonds. The highest BCUT2D eigenvalue weighted by atomic mass is 32.2. The lowest BCUT2D eigenvalue weighted by Gasteiger charge is -2.22. The van der Waals surface area contributed by atoms with Crippen LogP contribution in [0.2, 0.25) is 0 Å². The molecular weight excluding hydrogens is 252 g/mol. The van der Waals surface area contributed by atoms with Gasteiger partial charge in [0.15, 0.2) is 0 Å². The SMILES string of the molecule is O=[SH](=O)N1CCC(=NOCC2CCCCC2)CC1. The molecule has 18 heavy (non-hydrogen) atoms. The summed E-state index contributed by atoms with van der Waals surface area (Å²) in [6.45, 7) is 1.82. The molecule has 0 bridgehead atoms. The Morgan fingerprint density at radius 3 is 2.44 bits per heavy atom. The van der Waals surface area contributed by atoms with Gasteiger partial charge in [0.25, 0.3) is 0 Å². The molecule has 0 aromatic heterocycles. The van der Waals surface area contributed by atoms with Gasteiger partial charge in [-0.2, -0.15) is 0 Å². The van der Waals surface area contributed by atoms with E-state index in [1.807, 2.05) is 0 Å². The van der Waals surface area contributed by atoms with E-state index >= 15 is 0 Å². The van der Waals surface area contributed by atoms with Gasteiger partial charge < -0.3 is 4.84 Å². The molecule has 1 aliphatic carbocycles. The van der Waals surface area contributed by atoms with E-state index in [2.05, 4.69) is 5.16 Å². The van der Waals surface area contributed by atoms with Crippen LogP contribution in [0.3, 0.4) is 0 Å². The van der Waals surface area contributed by atoms with Crippen molar-refractivity contribution in [2.24, 2.45) is 11.1 Å². The number of rotatable bonds is 4. The van der Waals surface area contributed by atoms with Crippen molar-refractivity contribution >= 4 is 16.6 Å². The van der Waals surface area contributed by atoms with Crippen LogP contribution in [0.15, 0.2) is 5.16 Å². The van der Waals surface area contributed by atoms with Crippen LogP contribution in [0.1, 0.15) is 44.9 Å². The van der Waals surface area contributed by atoms with Crippen molar-refractivity contribution in [1.82, 2.24) is 4.31 Å². The summed E-state index contributed by atoms with van der Waals surface area (Å²) < 4.78 is 23.0. The van der Waals surface area contributed by atoms with Gasteiger partial charge in [-0.25, -0.2) is 12.7 Å². The van der Waals surface area contributed by atoms with Crippen LogP contribution in [0.25, 0.3) is 0 Å². The van der Waals surface area contributed by atoms with Gasteiger partial charge in [0.2, 0.25) is 10.9 Å². The Kier molecular flexibility index (Phi) is 5.44. The van der Waals surface area contributed by atoms with Gasteiger partial charge in [-0.15, -0.1) is 0 Å². The van der Waals surface area contributed by atoms with Crippen LogP contribution in [0.4, 0.5) is 0 Å². The normalized spacial score (nSPS) is 23.3. The summed E-state index contributed by atoms with van der Waals surface area (Å²) in [5.41, 5.74) is 0.999. The van der Waals surface area contributed by atoms with Crippen molar-refractivity contribution in [3.63, 3.8) is 0 Å². The fourth-order valence-electron chi connectivity index (χ4n) is 2.60. The first kappa shape index (κ1) is 13.8. The summed E-state index contributed by atoms with van der Waals surface area (Å²) in [5, 5.41) is 4.16. The molecule has 0 aromatic carbocycles. The second-order valence-electron chi connectivity index (χ2n) is 5.15. The first-order valence-corrected chi connectivity index (χ1v) is 7.95. The molecule has 1 saturated carbocycles. The lowest BCUT2D eigenvalue weighted by atomic mass is 9.90. The number of hydrogen-bond acceptors (Lipinski definition) is 4. The number of thiol groups is 1. The van der Waals surface area contributed by atoms with Crippen LogP contribution < -0.4 is 0 Å². The first-order valence-electron chi connectivity index (χ1n) is 6.82. The van der Waals surface area contributed by atoms with Gasteiger partial charge in [0.05, 0.1) is 5.71 Å². The molecule has 0 spiro atoms.